The molecule has 100 valence electrons. The molecule has 5 heteroatoms. The summed E-state index contributed by atoms with van der Waals surface area (Å²) in [5.41, 5.74) is 0.00545. The molecular formula is C13H22N4O. The number of aromatic amines is 1. The first-order valence-corrected chi connectivity index (χ1v) is 6.68. The van der Waals surface area contributed by atoms with Gasteiger partial charge >= 0.3 is 0 Å². The van der Waals surface area contributed by atoms with Gasteiger partial charge in [0.25, 0.3) is 0 Å². The van der Waals surface area contributed by atoms with E-state index in [-0.39, 0.29) is 11.4 Å². The molecule has 0 bridgehead atoms. The Morgan fingerprint density at radius 1 is 1.44 bits per heavy atom. The minimum Gasteiger partial charge on any atom is -0.349 e. The number of nitrogens with zero attached hydrogens (tertiary/aromatic N) is 1. The van der Waals surface area contributed by atoms with Crippen molar-refractivity contribution in [2.75, 3.05) is 7.05 Å². The minimum atomic E-state index is 0.00545. The standard InChI is InChI=1S/C13H22N4O/c1-14-13(5-3-2-4-6-13)9-12(18)17-10-11-15-7-8-16-11/h7-8,14H,2-6,9-10H2,1H3,(H,15,16)(H,17,18). The summed E-state index contributed by atoms with van der Waals surface area (Å²) in [6.07, 6.45) is 9.92. The molecule has 1 aliphatic carbocycles. The lowest BCUT2D eigenvalue weighted by molar-refractivity contribution is -0.123. The van der Waals surface area contributed by atoms with Crippen molar-refractivity contribution in [1.82, 2.24) is 20.6 Å². The summed E-state index contributed by atoms with van der Waals surface area (Å²) >= 11 is 0. The highest BCUT2D eigenvalue weighted by Crippen LogP contribution is 2.30. The Morgan fingerprint density at radius 2 is 2.22 bits per heavy atom. The van der Waals surface area contributed by atoms with Crippen LogP contribution in [0, 0.1) is 0 Å². The van der Waals surface area contributed by atoms with Crippen LogP contribution in [0.5, 0.6) is 0 Å². The van der Waals surface area contributed by atoms with Crippen molar-refractivity contribution in [3.8, 4) is 0 Å². The molecule has 1 amide bonds. The zero-order chi connectivity index (χ0) is 12.8. The second kappa shape index (κ2) is 6.00. The highest BCUT2D eigenvalue weighted by atomic mass is 16.1. The zero-order valence-corrected chi connectivity index (χ0v) is 11.0. The minimum absolute atomic E-state index is 0.00545. The maximum Gasteiger partial charge on any atom is 0.222 e. The van der Waals surface area contributed by atoms with Gasteiger partial charge in [-0.15, -0.1) is 0 Å². The number of H-pyrrole nitrogens is 1. The monoisotopic (exact) mass is 250 g/mol. The molecule has 2 rings (SSSR count). The smallest absolute Gasteiger partial charge is 0.222 e. The van der Waals surface area contributed by atoms with Crippen molar-refractivity contribution in [3.05, 3.63) is 18.2 Å². The normalized spacial score (nSPS) is 18.5. The van der Waals surface area contributed by atoms with E-state index in [0.717, 1.165) is 18.7 Å². The van der Waals surface area contributed by atoms with Gasteiger partial charge in [0, 0.05) is 24.4 Å². The molecular weight excluding hydrogens is 228 g/mol. The summed E-state index contributed by atoms with van der Waals surface area (Å²) in [4.78, 5) is 19.0. The second-order valence-corrected chi connectivity index (χ2v) is 5.08. The van der Waals surface area contributed by atoms with E-state index in [0.29, 0.717) is 13.0 Å². The van der Waals surface area contributed by atoms with Crippen LogP contribution >= 0.6 is 0 Å². The molecule has 5 nitrogen and oxygen atoms in total. The first-order valence-electron chi connectivity index (χ1n) is 6.68. The van der Waals surface area contributed by atoms with Crippen LogP contribution in [0.4, 0.5) is 0 Å². The molecule has 1 heterocycles. The number of nitrogens with one attached hydrogen (secondary N) is 3. The van der Waals surface area contributed by atoms with E-state index in [4.69, 9.17) is 0 Å². The third-order valence-electron chi connectivity index (χ3n) is 3.85. The Labute approximate surface area is 108 Å². The number of carbonyl (C=O) groups is 1. The van der Waals surface area contributed by atoms with Crippen LogP contribution in [0.2, 0.25) is 0 Å². The summed E-state index contributed by atoms with van der Waals surface area (Å²) in [6.45, 7) is 0.478. The van der Waals surface area contributed by atoms with Crippen molar-refractivity contribution < 1.29 is 4.79 Å². The molecule has 1 aliphatic rings. The van der Waals surface area contributed by atoms with E-state index in [1.165, 1.54) is 19.3 Å². The number of rotatable bonds is 5. The van der Waals surface area contributed by atoms with Gasteiger partial charge in [0.1, 0.15) is 5.82 Å². The van der Waals surface area contributed by atoms with E-state index < -0.39 is 0 Å². The number of carbonyl (C=O) groups excluding carboxylic acids is 1. The molecule has 0 aromatic carbocycles. The summed E-state index contributed by atoms with van der Waals surface area (Å²) in [6, 6.07) is 0. The molecule has 0 radical (unpaired) electrons. The van der Waals surface area contributed by atoms with Gasteiger partial charge < -0.3 is 15.6 Å². The predicted molar refractivity (Wildman–Crippen MR) is 69.9 cm³/mol. The lowest BCUT2D eigenvalue weighted by Gasteiger charge is -2.36. The quantitative estimate of drug-likeness (QED) is 0.738. The predicted octanol–water partition coefficient (Wildman–Crippen LogP) is 1.34. The zero-order valence-electron chi connectivity index (χ0n) is 11.0. The summed E-state index contributed by atoms with van der Waals surface area (Å²) in [5.74, 6) is 0.896. The van der Waals surface area contributed by atoms with Gasteiger partial charge in [0.05, 0.1) is 6.54 Å². The lowest BCUT2D eigenvalue weighted by Crippen LogP contribution is -2.48. The number of aromatic nitrogens is 2. The van der Waals surface area contributed by atoms with Gasteiger partial charge in [-0.25, -0.2) is 4.98 Å². The van der Waals surface area contributed by atoms with Crippen molar-refractivity contribution in [2.24, 2.45) is 0 Å². The van der Waals surface area contributed by atoms with Crippen LogP contribution in [0.1, 0.15) is 44.3 Å². The molecule has 0 aliphatic heterocycles. The number of imidazole rings is 1. The molecule has 1 aromatic rings. The number of hydrogen-bond acceptors (Lipinski definition) is 3. The Hall–Kier alpha value is -1.36. The first kappa shape index (κ1) is 13.1. The van der Waals surface area contributed by atoms with Crippen LogP contribution in [-0.2, 0) is 11.3 Å². The highest BCUT2D eigenvalue weighted by Gasteiger charge is 2.32. The van der Waals surface area contributed by atoms with Crippen molar-refractivity contribution in [3.63, 3.8) is 0 Å². The maximum atomic E-state index is 12.0. The van der Waals surface area contributed by atoms with Crippen molar-refractivity contribution in [2.45, 2.75) is 50.6 Å². The number of hydrogen-bond donors (Lipinski definition) is 3. The third kappa shape index (κ3) is 3.32. The third-order valence-corrected chi connectivity index (χ3v) is 3.85. The Bertz CT molecular complexity index is 368. The van der Waals surface area contributed by atoms with Gasteiger partial charge in [-0.1, -0.05) is 19.3 Å². The topological polar surface area (TPSA) is 69.8 Å². The largest absolute Gasteiger partial charge is 0.349 e. The Kier molecular flexibility index (Phi) is 4.36. The highest BCUT2D eigenvalue weighted by molar-refractivity contribution is 5.77. The fourth-order valence-corrected chi connectivity index (χ4v) is 2.69. The summed E-state index contributed by atoms with van der Waals surface area (Å²) in [5, 5.41) is 6.28. The van der Waals surface area contributed by atoms with Gasteiger partial charge in [-0.05, 0) is 19.9 Å². The van der Waals surface area contributed by atoms with E-state index in [9.17, 15) is 4.79 Å². The maximum absolute atomic E-state index is 12.0. The van der Waals surface area contributed by atoms with E-state index >= 15 is 0 Å². The van der Waals surface area contributed by atoms with E-state index in [1.54, 1.807) is 12.4 Å². The van der Waals surface area contributed by atoms with E-state index in [2.05, 4.69) is 20.6 Å². The van der Waals surface area contributed by atoms with Gasteiger partial charge in [0.15, 0.2) is 0 Å². The molecule has 0 saturated heterocycles. The molecule has 0 atom stereocenters. The molecule has 1 saturated carbocycles. The molecule has 0 spiro atoms. The summed E-state index contributed by atoms with van der Waals surface area (Å²) in [7, 11) is 1.96. The van der Waals surface area contributed by atoms with Crippen molar-refractivity contribution in [1.29, 1.82) is 0 Å². The van der Waals surface area contributed by atoms with Gasteiger partial charge in [-0.3, -0.25) is 4.79 Å². The summed E-state index contributed by atoms with van der Waals surface area (Å²) < 4.78 is 0. The molecule has 0 unspecified atom stereocenters. The van der Waals surface area contributed by atoms with Crippen LogP contribution < -0.4 is 10.6 Å². The average Bonchev–Trinajstić information content (AvgIpc) is 2.91. The van der Waals surface area contributed by atoms with Crippen molar-refractivity contribution >= 4 is 5.91 Å². The number of amides is 1. The Balaban J connectivity index is 1.81. The van der Waals surface area contributed by atoms with Crippen LogP contribution in [0.3, 0.4) is 0 Å². The fraction of sp³-hybridized carbons (Fsp3) is 0.692. The van der Waals surface area contributed by atoms with E-state index in [1.807, 2.05) is 7.05 Å². The SMILES string of the molecule is CNC1(CC(=O)NCc2ncc[nH]2)CCCCC1. The van der Waals surface area contributed by atoms with Crippen LogP contribution in [0.15, 0.2) is 12.4 Å². The molecule has 18 heavy (non-hydrogen) atoms. The lowest BCUT2D eigenvalue weighted by atomic mass is 9.79. The first-order chi connectivity index (χ1) is 8.74. The average molecular weight is 250 g/mol. The Morgan fingerprint density at radius 3 is 2.83 bits per heavy atom. The van der Waals surface area contributed by atoms with Gasteiger partial charge in [-0.2, -0.15) is 0 Å². The van der Waals surface area contributed by atoms with Gasteiger partial charge in [0.2, 0.25) is 5.91 Å². The second-order valence-electron chi connectivity index (χ2n) is 5.08. The molecule has 3 N–H and O–H groups in total. The van der Waals surface area contributed by atoms with Crippen LogP contribution in [0.25, 0.3) is 0 Å². The molecule has 1 fully saturated rings. The fourth-order valence-electron chi connectivity index (χ4n) is 2.69. The molecule has 1 aromatic heterocycles. The van der Waals surface area contributed by atoms with Crippen LogP contribution in [-0.4, -0.2) is 28.5 Å².